The van der Waals surface area contributed by atoms with Gasteiger partial charge in [-0.1, -0.05) is 30.3 Å². The number of thiocarbonyl (C=S) groups is 1. The minimum atomic E-state index is -2.93. The maximum atomic E-state index is 11.8. The Morgan fingerprint density at radius 1 is 1.39 bits per heavy atom. The molecule has 2 rings (SSSR count). The second-order valence-corrected chi connectivity index (χ2v) is 8.36. The van der Waals surface area contributed by atoms with Gasteiger partial charge in [0, 0.05) is 32.8 Å². The number of nitrogens with one attached hydrogen (secondary N) is 1. The van der Waals surface area contributed by atoms with Crippen molar-refractivity contribution in [3.05, 3.63) is 35.9 Å². The molecule has 1 aromatic carbocycles. The van der Waals surface area contributed by atoms with Gasteiger partial charge in [-0.15, -0.1) is 0 Å². The van der Waals surface area contributed by atoms with Crippen LogP contribution in [0.25, 0.3) is 0 Å². The molecule has 1 saturated heterocycles. The second kappa shape index (κ2) is 8.61. The third-order valence-electron chi connectivity index (χ3n) is 3.94. The van der Waals surface area contributed by atoms with Crippen LogP contribution in [-0.4, -0.2) is 56.2 Å². The van der Waals surface area contributed by atoms with Crippen molar-refractivity contribution >= 4 is 27.2 Å². The summed E-state index contributed by atoms with van der Waals surface area (Å²) in [6.45, 7) is 1.98. The van der Waals surface area contributed by atoms with Crippen molar-refractivity contribution in [2.75, 3.05) is 31.8 Å². The summed E-state index contributed by atoms with van der Waals surface area (Å²) in [6, 6.07) is 9.98. The minimum Gasteiger partial charge on any atom is -0.385 e. The van der Waals surface area contributed by atoms with Crippen LogP contribution in [0.5, 0.6) is 0 Å². The summed E-state index contributed by atoms with van der Waals surface area (Å²) in [7, 11) is -1.27. The third kappa shape index (κ3) is 5.75. The molecule has 0 aliphatic carbocycles. The highest BCUT2D eigenvalue weighted by Gasteiger charge is 2.33. The van der Waals surface area contributed by atoms with E-state index in [0.717, 1.165) is 12.0 Å². The number of benzene rings is 1. The molecule has 1 heterocycles. The smallest absolute Gasteiger partial charge is 0.169 e. The van der Waals surface area contributed by atoms with Crippen molar-refractivity contribution in [1.82, 2.24) is 10.2 Å². The molecule has 5 nitrogen and oxygen atoms in total. The maximum absolute atomic E-state index is 11.8. The van der Waals surface area contributed by atoms with E-state index in [2.05, 4.69) is 5.32 Å². The molecule has 1 aliphatic heterocycles. The highest BCUT2D eigenvalue weighted by Crippen LogP contribution is 2.18. The number of hydrogen-bond acceptors (Lipinski definition) is 4. The van der Waals surface area contributed by atoms with Crippen molar-refractivity contribution in [2.24, 2.45) is 0 Å². The first-order chi connectivity index (χ1) is 11.0. The summed E-state index contributed by atoms with van der Waals surface area (Å²) in [6.07, 6.45) is 1.46. The van der Waals surface area contributed by atoms with E-state index >= 15 is 0 Å². The quantitative estimate of drug-likeness (QED) is 0.591. The van der Waals surface area contributed by atoms with Gasteiger partial charge in [0.05, 0.1) is 11.5 Å². The largest absolute Gasteiger partial charge is 0.385 e. The monoisotopic (exact) mass is 356 g/mol. The summed E-state index contributed by atoms with van der Waals surface area (Å²) in [4.78, 5) is 2.02. The number of hydrogen-bond donors (Lipinski definition) is 1. The molecule has 1 atom stereocenters. The molecule has 0 aromatic heterocycles. The van der Waals surface area contributed by atoms with Crippen LogP contribution < -0.4 is 5.32 Å². The number of sulfone groups is 1. The molecule has 1 aliphatic rings. The summed E-state index contributed by atoms with van der Waals surface area (Å²) in [5, 5.41) is 3.87. The molecule has 1 aromatic rings. The lowest BCUT2D eigenvalue weighted by Crippen LogP contribution is -2.47. The molecular weight excluding hydrogens is 332 g/mol. The van der Waals surface area contributed by atoms with E-state index in [1.54, 1.807) is 7.11 Å². The fourth-order valence-electron chi connectivity index (χ4n) is 2.73. The van der Waals surface area contributed by atoms with Gasteiger partial charge < -0.3 is 15.0 Å². The van der Waals surface area contributed by atoms with Crippen LogP contribution in [0.3, 0.4) is 0 Å². The molecule has 0 bridgehead atoms. The average Bonchev–Trinajstić information content (AvgIpc) is 2.90. The van der Waals surface area contributed by atoms with Crippen LogP contribution in [0.2, 0.25) is 0 Å². The number of methoxy groups -OCH3 is 1. The van der Waals surface area contributed by atoms with Crippen LogP contribution in [0.15, 0.2) is 30.3 Å². The summed E-state index contributed by atoms with van der Waals surface area (Å²) in [5.74, 6) is 0.437. The zero-order valence-corrected chi connectivity index (χ0v) is 15.0. The van der Waals surface area contributed by atoms with E-state index in [0.29, 0.717) is 31.2 Å². The van der Waals surface area contributed by atoms with E-state index in [4.69, 9.17) is 17.0 Å². The van der Waals surface area contributed by atoms with E-state index in [1.165, 1.54) is 0 Å². The average molecular weight is 357 g/mol. The van der Waals surface area contributed by atoms with Gasteiger partial charge in [-0.25, -0.2) is 8.42 Å². The fourth-order valence-corrected chi connectivity index (χ4v) is 4.77. The Bertz CT molecular complexity index is 605. The van der Waals surface area contributed by atoms with E-state index < -0.39 is 9.84 Å². The van der Waals surface area contributed by atoms with Crippen LogP contribution in [0.4, 0.5) is 0 Å². The zero-order valence-electron chi connectivity index (χ0n) is 13.4. The van der Waals surface area contributed by atoms with Crippen LogP contribution in [0.1, 0.15) is 18.4 Å². The normalized spacial score (nSPS) is 19.4. The van der Waals surface area contributed by atoms with E-state index in [1.807, 2.05) is 35.2 Å². The van der Waals surface area contributed by atoms with Crippen molar-refractivity contribution in [3.63, 3.8) is 0 Å². The van der Waals surface area contributed by atoms with Crippen LogP contribution in [-0.2, 0) is 21.1 Å². The lowest BCUT2D eigenvalue weighted by atomic mass is 10.2. The Morgan fingerprint density at radius 2 is 2.13 bits per heavy atom. The van der Waals surface area contributed by atoms with Crippen molar-refractivity contribution in [2.45, 2.75) is 25.4 Å². The molecule has 0 amide bonds. The second-order valence-electron chi connectivity index (χ2n) is 5.74. The fraction of sp³-hybridized carbons (Fsp3) is 0.562. The summed E-state index contributed by atoms with van der Waals surface area (Å²) >= 11 is 5.51. The van der Waals surface area contributed by atoms with Gasteiger partial charge in [-0.05, 0) is 30.6 Å². The number of ether oxygens (including phenoxy) is 1. The van der Waals surface area contributed by atoms with Gasteiger partial charge in [-0.2, -0.15) is 0 Å². The first-order valence-electron chi connectivity index (χ1n) is 7.79. The summed E-state index contributed by atoms with van der Waals surface area (Å²) in [5.41, 5.74) is 1.14. The lowest BCUT2D eigenvalue weighted by Gasteiger charge is -2.31. The Morgan fingerprint density at radius 3 is 2.74 bits per heavy atom. The molecular formula is C16H24N2O3S2. The molecule has 0 radical (unpaired) electrons. The number of nitrogens with zero attached hydrogens (tertiary/aromatic N) is 1. The zero-order chi connectivity index (χ0) is 16.7. The van der Waals surface area contributed by atoms with Gasteiger partial charge in [0.1, 0.15) is 0 Å². The predicted octanol–water partition coefficient (Wildman–Crippen LogP) is 1.59. The molecule has 1 N–H and O–H groups in total. The van der Waals surface area contributed by atoms with Crippen molar-refractivity contribution in [1.29, 1.82) is 0 Å². The van der Waals surface area contributed by atoms with Gasteiger partial charge in [-0.3, -0.25) is 0 Å². The standard InChI is InChI=1S/C16H24N2O3S2/c1-21-10-5-9-18(15-8-11-23(19,20)13-15)16(22)17-12-14-6-3-2-4-7-14/h2-4,6-7,15H,5,8-13H2,1H3,(H,17,22)/t15-/m0/s1. The molecule has 0 spiro atoms. The SMILES string of the molecule is COCCCN(C(=S)NCc1ccccc1)[C@H]1CCS(=O)(=O)C1. The topological polar surface area (TPSA) is 58.6 Å². The Labute approximate surface area is 143 Å². The van der Waals surface area contributed by atoms with E-state index in [9.17, 15) is 8.42 Å². The first-order valence-corrected chi connectivity index (χ1v) is 10.0. The van der Waals surface area contributed by atoms with Gasteiger partial charge in [0.15, 0.2) is 14.9 Å². The Balaban J connectivity index is 1.96. The lowest BCUT2D eigenvalue weighted by molar-refractivity contribution is 0.181. The Kier molecular flexibility index (Phi) is 6.80. The molecule has 0 unspecified atom stereocenters. The van der Waals surface area contributed by atoms with Gasteiger partial charge in [0.25, 0.3) is 0 Å². The highest BCUT2D eigenvalue weighted by atomic mass is 32.2. The minimum absolute atomic E-state index is 0.0346. The predicted molar refractivity (Wildman–Crippen MR) is 96.1 cm³/mol. The van der Waals surface area contributed by atoms with Crippen molar-refractivity contribution < 1.29 is 13.2 Å². The molecule has 0 saturated carbocycles. The molecule has 23 heavy (non-hydrogen) atoms. The molecule has 128 valence electrons. The maximum Gasteiger partial charge on any atom is 0.169 e. The third-order valence-corrected chi connectivity index (χ3v) is 6.07. The Hall–Kier alpha value is -1.18. The van der Waals surface area contributed by atoms with Crippen LogP contribution >= 0.6 is 12.2 Å². The highest BCUT2D eigenvalue weighted by molar-refractivity contribution is 7.91. The van der Waals surface area contributed by atoms with Crippen molar-refractivity contribution in [3.8, 4) is 0 Å². The van der Waals surface area contributed by atoms with Gasteiger partial charge in [0.2, 0.25) is 0 Å². The van der Waals surface area contributed by atoms with Crippen LogP contribution in [0, 0.1) is 0 Å². The van der Waals surface area contributed by atoms with Gasteiger partial charge >= 0.3 is 0 Å². The first kappa shape index (κ1) is 18.2. The molecule has 1 fully saturated rings. The number of rotatable bonds is 7. The molecule has 7 heteroatoms. The summed E-state index contributed by atoms with van der Waals surface area (Å²) < 4.78 is 28.6. The van der Waals surface area contributed by atoms with E-state index in [-0.39, 0.29) is 17.5 Å².